The lowest BCUT2D eigenvalue weighted by molar-refractivity contribution is 0.425. The number of nitrogens with two attached hydrogens (primary N) is 1. The first-order valence-corrected chi connectivity index (χ1v) is 12.2. The molecule has 5 N–H and O–H groups in total. The van der Waals surface area contributed by atoms with Gasteiger partial charge in [0, 0.05) is 53.9 Å². The van der Waals surface area contributed by atoms with E-state index in [4.69, 9.17) is 10.7 Å². The second kappa shape index (κ2) is 9.56. The summed E-state index contributed by atoms with van der Waals surface area (Å²) in [6, 6.07) is 14.6. The number of H-pyrrole nitrogens is 2. The molecule has 0 radical (unpaired) electrons. The third-order valence-corrected chi connectivity index (χ3v) is 6.34. The number of pyridine rings is 2. The zero-order valence-electron chi connectivity index (χ0n) is 21.0. The van der Waals surface area contributed by atoms with Crippen molar-refractivity contribution in [3.05, 3.63) is 72.9 Å². The Balaban J connectivity index is 1.40. The van der Waals surface area contributed by atoms with Crippen molar-refractivity contribution in [1.82, 2.24) is 35.0 Å². The molecule has 0 saturated heterocycles. The number of imidazole rings is 1. The van der Waals surface area contributed by atoms with E-state index < -0.39 is 0 Å². The lowest BCUT2D eigenvalue weighted by Gasteiger charge is -2.12. The van der Waals surface area contributed by atoms with E-state index in [-0.39, 0.29) is 5.82 Å². The number of hydrogen-bond acceptors (Lipinski definition) is 7. The topological polar surface area (TPSA) is 124 Å². The number of fused-ring (bicyclic) bond motifs is 2. The minimum absolute atomic E-state index is 0.341. The highest BCUT2D eigenvalue weighted by Gasteiger charge is 2.17. The van der Waals surface area contributed by atoms with Crippen LogP contribution in [0.25, 0.3) is 55.8 Å². The highest BCUT2D eigenvalue weighted by Crippen LogP contribution is 2.33. The number of halogens is 1. The summed E-state index contributed by atoms with van der Waals surface area (Å²) in [6.07, 6.45) is 5.09. The molecule has 6 rings (SSSR count). The van der Waals surface area contributed by atoms with Crippen LogP contribution >= 0.6 is 0 Å². The number of benzene rings is 2. The number of nitrogens with zero attached hydrogens (tertiary/aromatic N) is 5. The molecule has 0 fully saturated rings. The van der Waals surface area contributed by atoms with Crippen molar-refractivity contribution in [1.29, 1.82) is 0 Å². The van der Waals surface area contributed by atoms with Gasteiger partial charge in [-0.25, -0.2) is 9.37 Å². The molecule has 0 atom stereocenters. The van der Waals surface area contributed by atoms with Crippen LogP contribution < -0.4 is 11.1 Å². The molecule has 6 aromatic rings. The molecule has 4 aromatic heterocycles. The van der Waals surface area contributed by atoms with E-state index in [1.54, 1.807) is 18.6 Å². The summed E-state index contributed by atoms with van der Waals surface area (Å²) in [5.41, 5.74) is 13.3. The fourth-order valence-corrected chi connectivity index (χ4v) is 4.50. The van der Waals surface area contributed by atoms with Crippen LogP contribution in [0.3, 0.4) is 0 Å². The molecule has 190 valence electrons. The number of nitrogens with one attached hydrogen (secondary N) is 3. The van der Waals surface area contributed by atoms with Crippen LogP contribution in [0.5, 0.6) is 0 Å². The third kappa shape index (κ3) is 4.53. The molecule has 0 amide bonds. The van der Waals surface area contributed by atoms with Gasteiger partial charge in [0.05, 0.1) is 22.4 Å². The molecule has 0 bridgehead atoms. The Kier molecular flexibility index (Phi) is 5.93. The maximum Gasteiger partial charge on any atom is 0.159 e. The summed E-state index contributed by atoms with van der Waals surface area (Å²) in [7, 11) is 3.99. The van der Waals surface area contributed by atoms with Gasteiger partial charge in [0.25, 0.3) is 0 Å². The molecule has 0 aliphatic carbocycles. The molecular weight excluding hydrogens is 481 g/mol. The van der Waals surface area contributed by atoms with Crippen LogP contribution in [0.2, 0.25) is 0 Å². The molecule has 4 heterocycles. The molecule has 9 nitrogen and oxygen atoms in total. The number of anilines is 2. The summed E-state index contributed by atoms with van der Waals surface area (Å²) in [5, 5.41) is 11.8. The molecule has 0 unspecified atom stereocenters. The van der Waals surface area contributed by atoms with Gasteiger partial charge in [-0.05, 0) is 62.1 Å². The van der Waals surface area contributed by atoms with E-state index in [0.29, 0.717) is 46.2 Å². The highest BCUT2D eigenvalue weighted by atomic mass is 19.1. The maximum atomic E-state index is 14.6. The van der Waals surface area contributed by atoms with E-state index >= 15 is 0 Å². The van der Waals surface area contributed by atoms with Gasteiger partial charge in [-0.1, -0.05) is 6.07 Å². The first-order chi connectivity index (χ1) is 18.4. The molecule has 0 saturated carbocycles. The van der Waals surface area contributed by atoms with Gasteiger partial charge >= 0.3 is 0 Å². The number of nitrogen functional groups attached to an aromatic ring is 1. The predicted molar refractivity (Wildman–Crippen MR) is 149 cm³/mol. The molecule has 0 spiro atoms. The second-order valence-electron chi connectivity index (χ2n) is 9.44. The fraction of sp³-hybridized carbons (Fsp3) is 0.143. The quantitative estimate of drug-likeness (QED) is 0.242. The van der Waals surface area contributed by atoms with E-state index in [0.717, 1.165) is 34.1 Å². The summed E-state index contributed by atoms with van der Waals surface area (Å²) in [4.78, 5) is 19.0. The first-order valence-electron chi connectivity index (χ1n) is 12.2. The molecular formula is C28H26FN9. The maximum absolute atomic E-state index is 14.6. The molecule has 0 aliphatic heterocycles. The number of aromatic amines is 2. The lowest BCUT2D eigenvalue weighted by atomic mass is 10.0. The highest BCUT2D eigenvalue weighted by molar-refractivity contribution is 5.97. The second-order valence-corrected chi connectivity index (χ2v) is 9.44. The number of rotatable bonds is 7. The van der Waals surface area contributed by atoms with E-state index in [1.165, 1.54) is 12.1 Å². The van der Waals surface area contributed by atoms with Crippen LogP contribution in [-0.4, -0.2) is 62.2 Å². The normalized spacial score (nSPS) is 11.6. The van der Waals surface area contributed by atoms with Crippen LogP contribution in [0.1, 0.15) is 0 Å². The van der Waals surface area contributed by atoms with Crippen molar-refractivity contribution in [2.75, 3.05) is 38.2 Å². The zero-order chi connectivity index (χ0) is 26.2. The van der Waals surface area contributed by atoms with Gasteiger partial charge < -0.3 is 20.9 Å². The third-order valence-electron chi connectivity index (χ3n) is 6.34. The van der Waals surface area contributed by atoms with Crippen molar-refractivity contribution in [2.45, 2.75) is 0 Å². The van der Waals surface area contributed by atoms with Crippen LogP contribution in [0.4, 0.5) is 15.8 Å². The number of likely N-dealkylation sites (N-methyl/N-ethyl adjacent to an activating group) is 1. The van der Waals surface area contributed by atoms with E-state index in [2.05, 4.69) is 35.4 Å². The van der Waals surface area contributed by atoms with Gasteiger partial charge in [-0.15, -0.1) is 0 Å². The standard InChI is InChI=1S/C28H26FN9/c1-38(2)8-7-32-21-11-17(9-19(29)13-21)25-27-24(5-6-33-25)34-28(35-27)26-22-12-16(3-4-23(22)36-37-26)18-10-20(30)15-31-14-18/h3-6,9-15,32H,7-8,30H2,1-2H3,(H,34,35)(H,36,37). The van der Waals surface area contributed by atoms with Crippen LogP contribution in [-0.2, 0) is 0 Å². The fourth-order valence-electron chi connectivity index (χ4n) is 4.50. The first kappa shape index (κ1) is 23.6. The summed E-state index contributed by atoms with van der Waals surface area (Å²) >= 11 is 0. The largest absolute Gasteiger partial charge is 0.397 e. The Labute approximate surface area is 218 Å². The van der Waals surface area contributed by atoms with Crippen molar-refractivity contribution >= 4 is 33.3 Å². The molecule has 10 heteroatoms. The molecule has 2 aromatic carbocycles. The Morgan fingerprint density at radius 3 is 2.68 bits per heavy atom. The monoisotopic (exact) mass is 507 g/mol. The van der Waals surface area contributed by atoms with Crippen molar-refractivity contribution in [3.8, 4) is 33.9 Å². The van der Waals surface area contributed by atoms with E-state index in [9.17, 15) is 4.39 Å². The summed E-state index contributed by atoms with van der Waals surface area (Å²) < 4.78 is 14.6. The Bertz CT molecular complexity index is 1770. The van der Waals surface area contributed by atoms with Gasteiger partial charge in [-0.2, -0.15) is 5.10 Å². The Morgan fingerprint density at radius 1 is 0.947 bits per heavy atom. The van der Waals surface area contributed by atoms with Crippen molar-refractivity contribution in [2.24, 2.45) is 0 Å². The Morgan fingerprint density at radius 2 is 1.84 bits per heavy atom. The van der Waals surface area contributed by atoms with Gasteiger partial charge in [0.1, 0.15) is 17.0 Å². The zero-order valence-corrected chi connectivity index (χ0v) is 21.0. The lowest BCUT2D eigenvalue weighted by Crippen LogP contribution is -2.20. The number of aromatic nitrogens is 6. The smallest absolute Gasteiger partial charge is 0.159 e. The minimum atomic E-state index is -0.341. The minimum Gasteiger partial charge on any atom is -0.397 e. The van der Waals surface area contributed by atoms with Crippen LogP contribution in [0.15, 0.2) is 67.1 Å². The van der Waals surface area contributed by atoms with Gasteiger partial charge in [0.2, 0.25) is 0 Å². The summed E-state index contributed by atoms with van der Waals surface area (Å²) in [6.45, 7) is 1.52. The van der Waals surface area contributed by atoms with Crippen molar-refractivity contribution < 1.29 is 4.39 Å². The van der Waals surface area contributed by atoms with Crippen molar-refractivity contribution in [3.63, 3.8) is 0 Å². The SMILES string of the molecule is CN(C)CCNc1cc(F)cc(-c2nccc3[nH]c(-c4n[nH]c5ccc(-c6cncc(N)c6)cc45)nc23)c1. The average molecular weight is 508 g/mol. The van der Waals surface area contributed by atoms with Crippen LogP contribution in [0, 0.1) is 5.82 Å². The predicted octanol–water partition coefficient (Wildman–Crippen LogP) is 4.93. The molecule has 0 aliphatic rings. The Hall–Kier alpha value is -4.83. The van der Waals surface area contributed by atoms with E-state index in [1.807, 2.05) is 50.5 Å². The average Bonchev–Trinajstić information content (AvgIpc) is 3.51. The summed E-state index contributed by atoms with van der Waals surface area (Å²) in [5.74, 6) is 0.246. The number of hydrogen-bond donors (Lipinski definition) is 4. The molecule has 38 heavy (non-hydrogen) atoms. The van der Waals surface area contributed by atoms with Gasteiger partial charge in [-0.3, -0.25) is 15.1 Å². The van der Waals surface area contributed by atoms with Gasteiger partial charge in [0.15, 0.2) is 5.82 Å².